The molecule has 2 N–H and O–H groups in total. The molecule has 0 heterocycles. The molecule has 212 valence electrons. The Morgan fingerprint density at radius 2 is 1.25 bits per heavy atom. The quantitative estimate of drug-likeness (QED) is 0.0896. The lowest BCUT2D eigenvalue weighted by atomic mass is 10.0. The molecule has 5 heteroatoms. The van der Waals surface area contributed by atoms with E-state index in [-0.39, 0.29) is 18.7 Å². The summed E-state index contributed by atoms with van der Waals surface area (Å²) in [6, 6.07) is 0. The summed E-state index contributed by atoms with van der Waals surface area (Å²) in [5.74, 6) is 2.46. The van der Waals surface area contributed by atoms with E-state index < -0.39 is 0 Å². The van der Waals surface area contributed by atoms with Crippen LogP contribution in [0.3, 0.4) is 0 Å². The topological polar surface area (TPSA) is 64.8 Å². The second kappa shape index (κ2) is 28.3. The second-order valence-electron chi connectivity index (χ2n) is 10.4. The van der Waals surface area contributed by atoms with Crippen LogP contribution in [0.2, 0.25) is 0 Å². The molecule has 0 radical (unpaired) electrons. The number of nitrogens with zero attached hydrogens (tertiary/aromatic N) is 1. The molecule has 36 heavy (non-hydrogen) atoms. The molecule has 1 amide bonds. The molecule has 0 bridgehead atoms. The lowest BCUT2D eigenvalue weighted by molar-refractivity contribution is 0.0205. The fourth-order valence-corrected chi connectivity index (χ4v) is 4.49. The normalized spacial score (nSPS) is 11.8. The first-order valence-corrected chi connectivity index (χ1v) is 15.3. The minimum absolute atomic E-state index is 0.179. The highest BCUT2D eigenvalue weighted by molar-refractivity contribution is 5.67. The van der Waals surface area contributed by atoms with E-state index in [1.807, 2.05) is 0 Å². The smallest absolute Gasteiger partial charge is 0.410 e. The summed E-state index contributed by atoms with van der Waals surface area (Å²) in [4.78, 5) is 13.4. The van der Waals surface area contributed by atoms with Gasteiger partial charge in [0.1, 0.15) is 0 Å². The van der Waals surface area contributed by atoms with E-state index in [4.69, 9.17) is 21.6 Å². The molecule has 0 aromatic carbocycles. The van der Waals surface area contributed by atoms with E-state index in [1.165, 1.54) is 120 Å². The van der Waals surface area contributed by atoms with Crippen LogP contribution in [0.15, 0.2) is 0 Å². The van der Waals surface area contributed by atoms with Gasteiger partial charge < -0.3 is 20.1 Å². The minimum Gasteiger partial charge on any atom is -0.449 e. The van der Waals surface area contributed by atoms with Gasteiger partial charge in [0, 0.05) is 20.1 Å². The maximum Gasteiger partial charge on any atom is 0.410 e. The molecule has 0 aromatic heterocycles. The minimum atomic E-state index is -0.354. The van der Waals surface area contributed by atoms with Crippen molar-refractivity contribution in [2.75, 3.05) is 33.4 Å². The highest BCUT2D eigenvalue weighted by Gasteiger charge is 2.13. The number of ether oxygens (including phenoxy) is 2. The molecule has 0 saturated carbocycles. The van der Waals surface area contributed by atoms with Gasteiger partial charge >= 0.3 is 6.09 Å². The van der Waals surface area contributed by atoms with Crippen molar-refractivity contribution in [1.82, 2.24) is 4.90 Å². The highest BCUT2D eigenvalue weighted by atomic mass is 16.6. The average Bonchev–Trinajstić information content (AvgIpc) is 2.87. The van der Waals surface area contributed by atoms with Gasteiger partial charge in [-0.05, 0) is 25.8 Å². The summed E-state index contributed by atoms with van der Waals surface area (Å²) in [6.07, 6.45) is 31.9. The van der Waals surface area contributed by atoms with Crippen LogP contribution in [-0.4, -0.2) is 50.4 Å². The van der Waals surface area contributed by atoms with Gasteiger partial charge in [0.05, 0.1) is 19.3 Å². The Morgan fingerprint density at radius 1 is 0.750 bits per heavy atom. The molecule has 1 atom stereocenters. The summed E-state index contributed by atoms with van der Waals surface area (Å²) in [7, 11) is 1.66. The van der Waals surface area contributed by atoms with Crippen molar-refractivity contribution >= 4 is 6.09 Å². The molecule has 0 aliphatic rings. The Morgan fingerprint density at radius 3 is 1.75 bits per heavy atom. The van der Waals surface area contributed by atoms with E-state index in [0.29, 0.717) is 6.61 Å². The predicted octanol–water partition coefficient (Wildman–Crippen LogP) is 8.24. The largest absolute Gasteiger partial charge is 0.449 e. The number of hydrogen-bond acceptors (Lipinski definition) is 4. The first kappa shape index (κ1) is 34.8. The number of hydrogen-bond donors (Lipinski definition) is 1. The number of terminal acetylenes is 1. The standard InChI is InChI=1S/C31H60N2O3/c1-4-6-7-23-28-35-30(25-29-36-31(34)33(3)27-5-2)24-21-19-17-15-13-11-9-8-10-12-14-16-18-20-22-26-32/h2,30H,4,6-29,32H2,1,3H3. The van der Waals surface area contributed by atoms with Crippen molar-refractivity contribution in [2.24, 2.45) is 5.73 Å². The number of unbranched alkanes of at least 4 members (excludes halogenated alkanes) is 17. The Labute approximate surface area is 224 Å². The molecule has 0 spiro atoms. The van der Waals surface area contributed by atoms with Gasteiger partial charge in [-0.2, -0.15) is 0 Å². The van der Waals surface area contributed by atoms with E-state index in [9.17, 15) is 4.79 Å². The van der Waals surface area contributed by atoms with Gasteiger partial charge in [0.15, 0.2) is 0 Å². The molecule has 0 fully saturated rings. The number of amides is 1. The first-order valence-electron chi connectivity index (χ1n) is 15.3. The average molecular weight is 509 g/mol. The summed E-state index contributed by atoms with van der Waals surface area (Å²) in [5.41, 5.74) is 5.54. The van der Waals surface area contributed by atoms with Crippen LogP contribution in [-0.2, 0) is 9.47 Å². The zero-order valence-corrected chi connectivity index (χ0v) is 24.1. The van der Waals surface area contributed by atoms with Crippen LogP contribution in [0.5, 0.6) is 0 Å². The third-order valence-electron chi connectivity index (χ3n) is 6.89. The van der Waals surface area contributed by atoms with Crippen molar-refractivity contribution in [3.8, 4) is 12.3 Å². The number of rotatable bonds is 27. The summed E-state index contributed by atoms with van der Waals surface area (Å²) >= 11 is 0. The number of nitrogens with two attached hydrogens (primary N) is 1. The van der Waals surface area contributed by atoms with E-state index in [0.717, 1.165) is 32.4 Å². The maximum absolute atomic E-state index is 11.9. The molecule has 5 nitrogen and oxygen atoms in total. The number of carbonyl (C=O) groups excluding carboxylic acids is 1. The molecular formula is C31H60N2O3. The molecule has 0 aliphatic heterocycles. The third-order valence-corrected chi connectivity index (χ3v) is 6.89. The van der Waals surface area contributed by atoms with Crippen molar-refractivity contribution in [3.05, 3.63) is 0 Å². The molecule has 1 unspecified atom stereocenters. The van der Waals surface area contributed by atoms with E-state index in [2.05, 4.69) is 12.8 Å². The molecular weight excluding hydrogens is 448 g/mol. The fourth-order valence-electron chi connectivity index (χ4n) is 4.49. The SMILES string of the molecule is C#CCN(C)C(=O)OCCC(CCCCCCCCCCCCCCCCCN)OCCCCCC. The Bertz CT molecular complexity index is 507. The monoisotopic (exact) mass is 508 g/mol. The van der Waals surface area contributed by atoms with Crippen LogP contribution in [0.25, 0.3) is 0 Å². The van der Waals surface area contributed by atoms with Gasteiger partial charge in [-0.25, -0.2) is 4.79 Å². The Balaban J connectivity index is 3.79. The molecule has 0 saturated heterocycles. The van der Waals surface area contributed by atoms with Gasteiger partial charge in [-0.1, -0.05) is 122 Å². The maximum atomic E-state index is 11.9. The molecule has 0 aliphatic carbocycles. The summed E-state index contributed by atoms with van der Waals surface area (Å²) < 4.78 is 11.5. The Kier molecular flexibility index (Phi) is 27.3. The second-order valence-corrected chi connectivity index (χ2v) is 10.4. The lowest BCUT2D eigenvalue weighted by Crippen LogP contribution is -2.29. The summed E-state index contributed by atoms with van der Waals surface area (Å²) in [5, 5.41) is 0. The molecule has 0 aromatic rings. The zero-order valence-electron chi connectivity index (χ0n) is 24.1. The van der Waals surface area contributed by atoms with E-state index in [1.54, 1.807) is 7.05 Å². The zero-order chi connectivity index (χ0) is 26.5. The first-order chi connectivity index (χ1) is 17.7. The van der Waals surface area contributed by atoms with Crippen molar-refractivity contribution in [1.29, 1.82) is 0 Å². The predicted molar refractivity (Wildman–Crippen MR) is 154 cm³/mol. The van der Waals surface area contributed by atoms with Crippen LogP contribution >= 0.6 is 0 Å². The highest BCUT2D eigenvalue weighted by Crippen LogP contribution is 2.16. The fraction of sp³-hybridized carbons (Fsp3) is 0.903. The Hall–Kier alpha value is -1.25. The summed E-state index contributed by atoms with van der Waals surface area (Å²) in [6.45, 7) is 4.54. The van der Waals surface area contributed by atoms with Gasteiger partial charge in [0.2, 0.25) is 0 Å². The van der Waals surface area contributed by atoms with E-state index >= 15 is 0 Å². The van der Waals surface area contributed by atoms with Gasteiger partial charge in [0.25, 0.3) is 0 Å². The number of carbonyl (C=O) groups is 1. The van der Waals surface area contributed by atoms with Gasteiger partial charge in [-0.3, -0.25) is 0 Å². The van der Waals surface area contributed by atoms with Crippen molar-refractivity contribution in [3.63, 3.8) is 0 Å². The van der Waals surface area contributed by atoms with Gasteiger partial charge in [-0.15, -0.1) is 6.42 Å². The van der Waals surface area contributed by atoms with Crippen LogP contribution < -0.4 is 5.73 Å². The third kappa shape index (κ3) is 24.4. The lowest BCUT2D eigenvalue weighted by Gasteiger charge is -2.19. The van der Waals surface area contributed by atoms with Crippen LogP contribution in [0.1, 0.15) is 142 Å². The van der Waals surface area contributed by atoms with Crippen molar-refractivity contribution in [2.45, 2.75) is 148 Å². The van der Waals surface area contributed by atoms with Crippen LogP contribution in [0.4, 0.5) is 4.79 Å². The van der Waals surface area contributed by atoms with Crippen molar-refractivity contribution < 1.29 is 14.3 Å². The van der Waals surface area contributed by atoms with Crippen LogP contribution in [0, 0.1) is 12.3 Å². The molecule has 0 rings (SSSR count).